The SMILES string of the molecule is CCNCc1cc(S(=O)(=O)NC2CCCN(CC)C2)cs1. The molecular formula is C14H25N3O2S2. The molecule has 120 valence electrons. The number of hydrogen-bond acceptors (Lipinski definition) is 5. The molecule has 1 aromatic rings. The lowest BCUT2D eigenvalue weighted by Crippen LogP contribution is -2.47. The van der Waals surface area contributed by atoms with Crippen LogP contribution in [0.4, 0.5) is 0 Å². The first-order chi connectivity index (χ1) is 10.0. The van der Waals surface area contributed by atoms with Gasteiger partial charge in [0.25, 0.3) is 0 Å². The summed E-state index contributed by atoms with van der Waals surface area (Å²) in [6.45, 7) is 8.61. The van der Waals surface area contributed by atoms with Gasteiger partial charge in [0.15, 0.2) is 0 Å². The van der Waals surface area contributed by atoms with E-state index in [0.29, 0.717) is 4.90 Å². The number of likely N-dealkylation sites (tertiary alicyclic amines) is 1. The summed E-state index contributed by atoms with van der Waals surface area (Å²) >= 11 is 1.49. The Bertz CT molecular complexity index is 542. The van der Waals surface area contributed by atoms with Crippen LogP contribution in [0.2, 0.25) is 0 Å². The van der Waals surface area contributed by atoms with E-state index in [9.17, 15) is 8.42 Å². The molecule has 1 aliphatic heterocycles. The Kier molecular flexibility index (Phi) is 6.19. The quantitative estimate of drug-likeness (QED) is 0.797. The van der Waals surface area contributed by atoms with Crippen molar-refractivity contribution in [2.24, 2.45) is 0 Å². The van der Waals surface area contributed by atoms with E-state index in [0.717, 1.165) is 50.4 Å². The third kappa shape index (κ3) is 4.75. The summed E-state index contributed by atoms with van der Waals surface area (Å²) in [7, 11) is -3.39. The second-order valence-corrected chi connectivity index (χ2v) is 8.09. The lowest BCUT2D eigenvalue weighted by Gasteiger charge is -2.31. The largest absolute Gasteiger partial charge is 0.312 e. The standard InChI is InChI=1S/C14H25N3O2S2/c1-3-15-9-13-8-14(11-20-13)21(18,19)16-12-6-5-7-17(4-2)10-12/h8,11-12,15-16H,3-7,9-10H2,1-2H3. The number of rotatable bonds is 7. The maximum atomic E-state index is 12.4. The Hall–Kier alpha value is -0.470. The topological polar surface area (TPSA) is 61.4 Å². The van der Waals surface area contributed by atoms with Crippen LogP contribution in [0.1, 0.15) is 31.6 Å². The van der Waals surface area contributed by atoms with E-state index in [4.69, 9.17) is 0 Å². The summed E-state index contributed by atoms with van der Waals surface area (Å²) in [4.78, 5) is 3.74. The second kappa shape index (κ2) is 7.69. The lowest BCUT2D eigenvalue weighted by molar-refractivity contribution is 0.211. The smallest absolute Gasteiger partial charge is 0.241 e. The molecule has 2 N–H and O–H groups in total. The normalized spacial score (nSPS) is 20.8. The average Bonchev–Trinajstić information content (AvgIpc) is 2.94. The molecule has 0 bridgehead atoms. The molecule has 2 heterocycles. The number of nitrogens with zero attached hydrogens (tertiary/aromatic N) is 1. The van der Waals surface area contributed by atoms with Gasteiger partial charge in [0.1, 0.15) is 0 Å². The molecule has 21 heavy (non-hydrogen) atoms. The van der Waals surface area contributed by atoms with Crippen molar-refractivity contribution in [2.75, 3.05) is 26.2 Å². The Morgan fingerprint density at radius 2 is 2.24 bits per heavy atom. The summed E-state index contributed by atoms with van der Waals surface area (Å²) in [6, 6.07) is 1.80. The van der Waals surface area contributed by atoms with E-state index in [1.54, 1.807) is 11.4 Å². The first-order valence-electron chi connectivity index (χ1n) is 7.58. The van der Waals surface area contributed by atoms with Crippen molar-refractivity contribution in [3.8, 4) is 0 Å². The zero-order valence-electron chi connectivity index (χ0n) is 12.8. The number of thiophene rings is 1. The van der Waals surface area contributed by atoms with Gasteiger partial charge in [-0.1, -0.05) is 13.8 Å². The fourth-order valence-corrected chi connectivity index (χ4v) is 5.08. The fourth-order valence-electron chi connectivity index (χ4n) is 2.57. The van der Waals surface area contributed by atoms with Crippen LogP contribution in [0.3, 0.4) is 0 Å². The molecule has 1 atom stereocenters. The van der Waals surface area contributed by atoms with Crippen molar-refractivity contribution in [3.05, 3.63) is 16.3 Å². The minimum atomic E-state index is -3.39. The van der Waals surface area contributed by atoms with Crippen LogP contribution in [-0.4, -0.2) is 45.5 Å². The van der Waals surface area contributed by atoms with E-state index < -0.39 is 10.0 Å². The van der Waals surface area contributed by atoms with Gasteiger partial charge in [0.2, 0.25) is 10.0 Å². The molecule has 0 saturated carbocycles. The molecule has 2 rings (SSSR count). The van der Waals surface area contributed by atoms with Gasteiger partial charge in [-0.05, 0) is 38.5 Å². The second-order valence-electron chi connectivity index (χ2n) is 5.38. The van der Waals surface area contributed by atoms with Gasteiger partial charge in [-0.3, -0.25) is 0 Å². The summed E-state index contributed by atoms with van der Waals surface area (Å²) < 4.78 is 27.7. The van der Waals surface area contributed by atoms with Crippen molar-refractivity contribution in [3.63, 3.8) is 0 Å². The predicted octanol–water partition coefficient (Wildman–Crippen LogP) is 1.62. The monoisotopic (exact) mass is 331 g/mol. The molecule has 0 aliphatic carbocycles. The molecule has 0 amide bonds. The van der Waals surface area contributed by atoms with E-state index in [1.807, 2.05) is 6.92 Å². The highest BCUT2D eigenvalue weighted by atomic mass is 32.2. The van der Waals surface area contributed by atoms with Crippen LogP contribution >= 0.6 is 11.3 Å². The van der Waals surface area contributed by atoms with Crippen LogP contribution in [-0.2, 0) is 16.6 Å². The third-order valence-electron chi connectivity index (χ3n) is 3.76. The zero-order valence-corrected chi connectivity index (χ0v) is 14.4. The highest BCUT2D eigenvalue weighted by molar-refractivity contribution is 7.89. The Balaban J connectivity index is 1.99. The van der Waals surface area contributed by atoms with Gasteiger partial charge in [0.05, 0.1) is 4.90 Å². The van der Waals surface area contributed by atoms with Crippen LogP contribution in [0.25, 0.3) is 0 Å². The van der Waals surface area contributed by atoms with Crippen LogP contribution in [0.15, 0.2) is 16.3 Å². The number of piperidine rings is 1. The molecule has 1 aromatic heterocycles. The number of likely N-dealkylation sites (N-methyl/N-ethyl adjacent to an activating group) is 1. The lowest BCUT2D eigenvalue weighted by atomic mass is 10.1. The van der Waals surface area contributed by atoms with Gasteiger partial charge in [0, 0.05) is 29.4 Å². The Morgan fingerprint density at radius 3 is 2.95 bits per heavy atom. The third-order valence-corrected chi connectivity index (χ3v) is 6.35. The molecule has 1 saturated heterocycles. The van der Waals surface area contributed by atoms with Crippen molar-refractivity contribution >= 4 is 21.4 Å². The maximum absolute atomic E-state index is 12.4. The summed E-state index contributed by atoms with van der Waals surface area (Å²) in [6.07, 6.45) is 1.97. The number of nitrogens with one attached hydrogen (secondary N) is 2. The van der Waals surface area contributed by atoms with Crippen molar-refractivity contribution in [1.29, 1.82) is 0 Å². The van der Waals surface area contributed by atoms with Gasteiger partial charge in [-0.2, -0.15) is 0 Å². The Labute approximate surface area is 131 Å². The van der Waals surface area contributed by atoms with Crippen molar-refractivity contribution in [2.45, 2.75) is 44.2 Å². The van der Waals surface area contributed by atoms with Crippen LogP contribution in [0, 0.1) is 0 Å². The Morgan fingerprint density at radius 1 is 1.43 bits per heavy atom. The van der Waals surface area contributed by atoms with Crippen molar-refractivity contribution < 1.29 is 8.42 Å². The van der Waals surface area contributed by atoms with Crippen molar-refractivity contribution in [1.82, 2.24) is 14.9 Å². The van der Waals surface area contributed by atoms with E-state index in [1.165, 1.54) is 11.3 Å². The fraction of sp³-hybridized carbons (Fsp3) is 0.714. The maximum Gasteiger partial charge on any atom is 0.241 e. The molecule has 1 fully saturated rings. The number of hydrogen-bond donors (Lipinski definition) is 2. The van der Waals surface area contributed by atoms with Crippen LogP contribution < -0.4 is 10.0 Å². The molecular weight excluding hydrogens is 306 g/mol. The molecule has 1 unspecified atom stereocenters. The van der Waals surface area contributed by atoms with Gasteiger partial charge < -0.3 is 10.2 Å². The summed E-state index contributed by atoms with van der Waals surface area (Å²) in [5.74, 6) is 0. The minimum absolute atomic E-state index is 0.0285. The summed E-state index contributed by atoms with van der Waals surface area (Å²) in [5.41, 5.74) is 0. The summed E-state index contributed by atoms with van der Waals surface area (Å²) in [5, 5.41) is 4.94. The first kappa shape index (κ1) is 16.9. The molecule has 5 nitrogen and oxygen atoms in total. The van der Waals surface area contributed by atoms with Gasteiger partial charge >= 0.3 is 0 Å². The minimum Gasteiger partial charge on any atom is -0.312 e. The molecule has 0 radical (unpaired) electrons. The highest BCUT2D eigenvalue weighted by Gasteiger charge is 2.25. The van der Waals surface area contributed by atoms with Gasteiger partial charge in [-0.15, -0.1) is 11.3 Å². The molecule has 1 aliphatic rings. The number of sulfonamides is 1. The van der Waals surface area contributed by atoms with E-state index in [-0.39, 0.29) is 6.04 Å². The molecule has 7 heteroatoms. The molecule has 0 aromatic carbocycles. The first-order valence-corrected chi connectivity index (χ1v) is 9.94. The predicted molar refractivity (Wildman–Crippen MR) is 87.2 cm³/mol. The zero-order chi connectivity index (χ0) is 15.3. The molecule has 0 spiro atoms. The van der Waals surface area contributed by atoms with Crippen LogP contribution in [0.5, 0.6) is 0 Å². The van der Waals surface area contributed by atoms with E-state index >= 15 is 0 Å². The van der Waals surface area contributed by atoms with E-state index in [2.05, 4.69) is 21.9 Å². The average molecular weight is 332 g/mol. The van der Waals surface area contributed by atoms with Gasteiger partial charge in [-0.25, -0.2) is 13.1 Å². The highest BCUT2D eigenvalue weighted by Crippen LogP contribution is 2.20.